The number of hydrogen-bond donors (Lipinski definition) is 3. The summed E-state index contributed by atoms with van der Waals surface area (Å²) in [6.45, 7) is 3.44. The second-order valence-corrected chi connectivity index (χ2v) is 9.34. The molecule has 0 radical (unpaired) electrons. The lowest BCUT2D eigenvalue weighted by molar-refractivity contribution is 0.441. The quantitative estimate of drug-likeness (QED) is 0.243. The number of rotatable bonds is 3. The molecular formula is C27H18Cl2O7. The van der Waals surface area contributed by atoms with Crippen LogP contribution in [-0.4, -0.2) is 15.3 Å². The summed E-state index contributed by atoms with van der Waals surface area (Å²) in [6.07, 6.45) is 0. The fourth-order valence-corrected chi connectivity index (χ4v) is 4.62. The molecule has 0 saturated heterocycles. The number of benzene rings is 3. The molecule has 0 aliphatic carbocycles. The Morgan fingerprint density at radius 2 is 1.11 bits per heavy atom. The third-order valence-corrected chi connectivity index (χ3v) is 7.01. The number of phenols is 1. The summed E-state index contributed by atoms with van der Waals surface area (Å²) in [6, 6.07) is 11.5. The number of fused-ring (bicyclic) bond motifs is 2. The minimum Gasteiger partial charge on any atom is -0.508 e. The van der Waals surface area contributed by atoms with E-state index in [-0.39, 0.29) is 38.8 Å². The van der Waals surface area contributed by atoms with Gasteiger partial charge in [-0.1, -0.05) is 35.3 Å². The zero-order chi connectivity index (χ0) is 25.9. The first-order valence-electron chi connectivity index (χ1n) is 10.8. The highest BCUT2D eigenvalue weighted by Gasteiger charge is 2.32. The topological polar surface area (TPSA) is 121 Å². The molecule has 7 nitrogen and oxygen atoms in total. The second-order valence-electron chi connectivity index (χ2n) is 8.52. The molecule has 0 bridgehead atoms. The van der Waals surface area contributed by atoms with E-state index in [0.717, 1.165) is 0 Å². The van der Waals surface area contributed by atoms with Crippen LogP contribution in [-0.2, 0) is 0 Å². The van der Waals surface area contributed by atoms with Crippen LogP contribution >= 0.6 is 23.2 Å². The third kappa shape index (κ3) is 3.77. The van der Waals surface area contributed by atoms with E-state index in [1.807, 2.05) is 0 Å². The van der Waals surface area contributed by atoms with Gasteiger partial charge in [0.25, 0.3) is 0 Å². The van der Waals surface area contributed by atoms with Crippen LogP contribution in [0.25, 0.3) is 21.9 Å². The number of hydrogen-bond acceptors (Lipinski definition) is 7. The Morgan fingerprint density at radius 3 is 1.53 bits per heavy atom. The third-order valence-electron chi connectivity index (χ3n) is 6.19. The van der Waals surface area contributed by atoms with Crippen molar-refractivity contribution in [3.05, 3.63) is 107 Å². The van der Waals surface area contributed by atoms with Crippen molar-refractivity contribution < 1.29 is 24.2 Å². The highest BCUT2D eigenvalue weighted by molar-refractivity contribution is 6.32. The van der Waals surface area contributed by atoms with Gasteiger partial charge < -0.3 is 24.2 Å². The minimum absolute atomic E-state index is 0.0634. The van der Waals surface area contributed by atoms with E-state index in [0.29, 0.717) is 26.7 Å². The van der Waals surface area contributed by atoms with Crippen molar-refractivity contribution in [3.63, 3.8) is 0 Å². The van der Waals surface area contributed by atoms with Crippen LogP contribution in [0, 0.1) is 13.8 Å². The lowest BCUT2D eigenvalue weighted by atomic mass is 9.84. The SMILES string of the molecule is Cc1cc2oc(=O)c(C(c3ccc(O)cc3)c3c(O)c4cc(Cl)c(C)cc4oc3=O)c(O)c2cc1Cl. The zero-order valence-corrected chi connectivity index (χ0v) is 20.4. The maximum absolute atomic E-state index is 13.2. The van der Waals surface area contributed by atoms with Crippen molar-refractivity contribution in [3.8, 4) is 17.2 Å². The maximum Gasteiger partial charge on any atom is 0.344 e. The number of aromatic hydroxyl groups is 3. The summed E-state index contributed by atoms with van der Waals surface area (Å²) in [5.41, 5.74) is -0.714. The molecule has 0 aliphatic heterocycles. The summed E-state index contributed by atoms with van der Waals surface area (Å²) in [7, 11) is 0. The Bertz CT molecular complexity index is 1690. The first kappa shape index (κ1) is 23.8. The fourth-order valence-electron chi connectivity index (χ4n) is 4.30. The highest BCUT2D eigenvalue weighted by atomic mass is 35.5. The molecule has 0 fully saturated rings. The molecule has 182 valence electrons. The normalized spacial score (nSPS) is 11.6. The molecule has 0 saturated carbocycles. The van der Waals surface area contributed by atoms with Crippen LogP contribution in [0.1, 0.15) is 33.7 Å². The van der Waals surface area contributed by atoms with E-state index in [9.17, 15) is 24.9 Å². The van der Waals surface area contributed by atoms with E-state index in [1.54, 1.807) is 13.8 Å². The number of phenolic OH excluding ortho intramolecular Hbond substituents is 1. The zero-order valence-electron chi connectivity index (χ0n) is 18.9. The lowest BCUT2D eigenvalue weighted by Crippen LogP contribution is -2.21. The summed E-state index contributed by atoms with van der Waals surface area (Å²) in [5.74, 6) is -2.33. The van der Waals surface area contributed by atoms with Crippen molar-refractivity contribution in [2.75, 3.05) is 0 Å². The maximum atomic E-state index is 13.2. The second kappa shape index (κ2) is 8.62. The molecule has 2 heterocycles. The van der Waals surface area contributed by atoms with Crippen molar-refractivity contribution >= 4 is 45.1 Å². The predicted octanol–water partition coefficient (Wildman–Crippen LogP) is 6.12. The molecule has 36 heavy (non-hydrogen) atoms. The molecule has 2 aromatic heterocycles. The lowest BCUT2D eigenvalue weighted by Gasteiger charge is -2.20. The molecule has 0 atom stereocenters. The van der Waals surface area contributed by atoms with Crippen LogP contribution < -0.4 is 11.3 Å². The summed E-state index contributed by atoms with van der Waals surface area (Å²) in [4.78, 5) is 26.5. The highest BCUT2D eigenvalue weighted by Crippen LogP contribution is 2.43. The van der Waals surface area contributed by atoms with Crippen molar-refractivity contribution in [2.24, 2.45) is 0 Å². The van der Waals surface area contributed by atoms with E-state index in [4.69, 9.17) is 32.0 Å². The van der Waals surface area contributed by atoms with Gasteiger partial charge in [-0.25, -0.2) is 9.59 Å². The molecule has 0 aliphatic rings. The van der Waals surface area contributed by atoms with Crippen molar-refractivity contribution in [1.29, 1.82) is 0 Å². The van der Waals surface area contributed by atoms with E-state index in [2.05, 4.69) is 0 Å². The molecule has 9 heteroatoms. The van der Waals surface area contributed by atoms with E-state index >= 15 is 0 Å². The smallest absolute Gasteiger partial charge is 0.344 e. The van der Waals surface area contributed by atoms with Gasteiger partial charge in [0.15, 0.2) is 0 Å². The Morgan fingerprint density at radius 1 is 0.694 bits per heavy atom. The summed E-state index contributed by atoms with van der Waals surface area (Å²) >= 11 is 12.5. The molecule has 0 unspecified atom stereocenters. The predicted molar refractivity (Wildman–Crippen MR) is 137 cm³/mol. The van der Waals surface area contributed by atoms with Crippen LogP contribution in [0.3, 0.4) is 0 Å². The Kier molecular flexibility index (Phi) is 5.70. The van der Waals surface area contributed by atoms with Gasteiger partial charge in [-0.05, 0) is 66.9 Å². The van der Waals surface area contributed by atoms with Gasteiger partial charge in [0, 0.05) is 10.0 Å². The molecule has 5 aromatic rings. The number of halogens is 2. The van der Waals surface area contributed by atoms with Gasteiger partial charge in [-0.2, -0.15) is 0 Å². The van der Waals surface area contributed by atoms with E-state index in [1.165, 1.54) is 48.5 Å². The minimum atomic E-state index is -1.33. The van der Waals surface area contributed by atoms with Crippen LogP contribution in [0.4, 0.5) is 0 Å². The largest absolute Gasteiger partial charge is 0.508 e. The molecule has 0 amide bonds. The van der Waals surface area contributed by atoms with Gasteiger partial charge in [0.05, 0.1) is 27.8 Å². The monoisotopic (exact) mass is 524 g/mol. The molecule has 3 aromatic carbocycles. The van der Waals surface area contributed by atoms with Gasteiger partial charge in [0.2, 0.25) is 0 Å². The van der Waals surface area contributed by atoms with Gasteiger partial charge in [-0.3, -0.25) is 0 Å². The van der Waals surface area contributed by atoms with Gasteiger partial charge in [0.1, 0.15) is 28.4 Å². The summed E-state index contributed by atoms with van der Waals surface area (Å²) < 4.78 is 11.0. The molecular weight excluding hydrogens is 507 g/mol. The molecule has 3 N–H and O–H groups in total. The Hall–Kier alpha value is -3.94. The van der Waals surface area contributed by atoms with Crippen LogP contribution in [0.5, 0.6) is 17.2 Å². The average Bonchev–Trinajstić information content (AvgIpc) is 2.82. The number of aryl methyl sites for hydroxylation is 2. The van der Waals surface area contributed by atoms with Crippen LogP contribution in [0.2, 0.25) is 10.0 Å². The first-order chi connectivity index (χ1) is 17.1. The van der Waals surface area contributed by atoms with Gasteiger partial charge >= 0.3 is 11.3 Å². The van der Waals surface area contributed by atoms with Crippen molar-refractivity contribution in [2.45, 2.75) is 19.8 Å². The van der Waals surface area contributed by atoms with E-state index < -0.39 is 28.7 Å². The Balaban J connectivity index is 1.91. The molecule has 5 rings (SSSR count). The fraction of sp³-hybridized carbons (Fsp3) is 0.111. The summed E-state index contributed by atoms with van der Waals surface area (Å²) in [5, 5.41) is 33.3. The van der Waals surface area contributed by atoms with Crippen molar-refractivity contribution in [1.82, 2.24) is 0 Å². The standard InChI is InChI=1S/C27H18Cl2O7/c1-11-7-19-15(9-17(11)28)24(31)22(26(33)35-19)21(13-3-5-14(30)6-4-13)23-25(32)16-10-18(29)12(2)8-20(16)36-27(23)34/h3-10,21,30-32H,1-2H3. The van der Waals surface area contributed by atoms with Crippen LogP contribution in [0.15, 0.2) is 67.0 Å². The first-order valence-corrected chi connectivity index (χ1v) is 11.5. The van der Waals surface area contributed by atoms with Gasteiger partial charge in [-0.15, -0.1) is 0 Å². The Labute approximate surface area is 213 Å². The molecule has 0 spiro atoms. The average molecular weight is 525 g/mol.